The largest absolute Gasteiger partial charge is 0.933 e. The molecule has 0 saturated carbocycles. The maximum absolute atomic E-state index is 12.4. The quantitative estimate of drug-likeness (QED) is 0.132. The minimum Gasteiger partial charge on any atom is -0.466 e. The molecule has 0 saturated heterocycles. The van der Waals surface area contributed by atoms with Crippen LogP contribution in [0.15, 0.2) is 0 Å². The predicted octanol–water partition coefficient (Wildman–Crippen LogP) is 2.49. The zero-order valence-corrected chi connectivity index (χ0v) is 23.6. The second-order valence-electron chi connectivity index (χ2n) is 6.04. The fourth-order valence-corrected chi connectivity index (χ4v) is 10.8. The predicted molar refractivity (Wildman–Crippen MR) is 103 cm³/mol. The minimum absolute atomic E-state index is 1.10. The number of alkyl halides is 12. The van der Waals surface area contributed by atoms with Gasteiger partial charge in [0.25, 0.3) is 0 Å². The maximum Gasteiger partial charge on any atom is 0.933 e. The van der Waals surface area contributed by atoms with E-state index in [1.807, 2.05) is 0 Å². The average Bonchev–Trinajstić information content (AvgIpc) is 2.64. The molecule has 0 aromatic carbocycles. The van der Waals surface area contributed by atoms with Gasteiger partial charge in [-0.25, -0.2) is 0 Å². The maximum atomic E-state index is 12.4. The topological polar surface area (TPSA) is 176 Å². The van der Waals surface area contributed by atoms with Crippen LogP contribution < -0.4 is 0 Å². The summed E-state index contributed by atoms with van der Waals surface area (Å²) < 4.78 is 248. The molecular formula is C10H15AlF12O13S4. The van der Waals surface area contributed by atoms with Crippen LogP contribution in [0.2, 0.25) is 0 Å². The van der Waals surface area contributed by atoms with Crippen LogP contribution >= 0.6 is 0 Å². The van der Waals surface area contributed by atoms with Crippen molar-refractivity contribution in [3.63, 3.8) is 0 Å². The molecule has 0 fully saturated rings. The third kappa shape index (κ3) is 11.5. The fraction of sp³-hybridized carbons (Fsp3) is 1.00. The molecule has 244 valence electrons. The highest BCUT2D eigenvalue weighted by molar-refractivity contribution is 7.93. The second-order valence-corrected chi connectivity index (χ2v) is 15.8. The molecule has 0 unspecified atom stereocenters. The van der Waals surface area contributed by atoms with Gasteiger partial charge in [-0.3, -0.25) is 0 Å². The van der Waals surface area contributed by atoms with E-state index in [0.29, 0.717) is 0 Å². The lowest BCUT2D eigenvalue weighted by molar-refractivity contribution is -0.119. The second kappa shape index (κ2) is 13.3. The van der Waals surface area contributed by atoms with Crippen molar-refractivity contribution in [3.8, 4) is 0 Å². The molecule has 40 heavy (non-hydrogen) atoms. The lowest BCUT2D eigenvalue weighted by Crippen LogP contribution is -2.59. The number of rotatable bonds is 11. The smallest absolute Gasteiger partial charge is 0.466 e. The van der Waals surface area contributed by atoms with Gasteiger partial charge in [-0.05, 0) is 0 Å². The molecule has 0 radical (unpaired) electrons. The molecule has 0 heterocycles. The summed E-state index contributed by atoms with van der Waals surface area (Å²) in [4.78, 5) is 0. The molecule has 0 aromatic rings. The molecule has 0 aliphatic rings. The molecule has 0 aliphatic heterocycles. The van der Waals surface area contributed by atoms with Crippen LogP contribution in [0.4, 0.5) is 52.7 Å². The Morgan fingerprint density at radius 2 is 0.600 bits per heavy atom. The van der Waals surface area contributed by atoms with Crippen molar-refractivity contribution < 1.29 is 104 Å². The van der Waals surface area contributed by atoms with E-state index in [1.54, 1.807) is 0 Å². The minimum atomic E-state index is -9.42. The van der Waals surface area contributed by atoms with E-state index < -0.39 is 76.9 Å². The monoisotopic (exact) mass is 726 g/mol. The van der Waals surface area contributed by atoms with E-state index in [2.05, 4.69) is 38.1 Å². The highest BCUT2D eigenvalue weighted by Gasteiger charge is 2.71. The third-order valence-electron chi connectivity index (χ3n) is 3.34. The molecule has 0 atom stereocenters. The molecule has 30 heteroatoms. The van der Waals surface area contributed by atoms with Crippen molar-refractivity contribution in [1.29, 1.82) is 0 Å². The summed E-state index contributed by atoms with van der Waals surface area (Å²) in [5.41, 5.74) is -28.4. The van der Waals surface area contributed by atoms with E-state index in [-0.39, 0.29) is 0 Å². The van der Waals surface area contributed by atoms with Crippen molar-refractivity contribution in [2.24, 2.45) is 0 Å². The van der Waals surface area contributed by atoms with Gasteiger partial charge >= 0.3 is 76.9 Å². The zero-order chi connectivity index (χ0) is 33.0. The van der Waals surface area contributed by atoms with Gasteiger partial charge in [-0.1, -0.05) is 0 Å². The van der Waals surface area contributed by atoms with Gasteiger partial charge in [-0.15, -0.1) is 0 Å². The molecule has 0 aromatic heterocycles. The molecular weight excluding hydrogens is 711 g/mol. The van der Waals surface area contributed by atoms with Crippen molar-refractivity contribution in [1.82, 2.24) is 0 Å². The number of halogens is 12. The lowest BCUT2D eigenvalue weighted by atomic mass is 10.7. The average molecular weight is 726 g/mol. The summed E-state index contributed by atoms with van der Waals surface area (Å²) in [7, 11) is -32.0. The standard InChI is InChI=1S/C6H15O.4CHF3O3S.Al/c1-4-7(5-2)6-3;4*2-1(3,4)8(5,6)7;/h4-6H2,1-3H3;4*(H,5,6,7);/q+1;;;;;+3/p-4. The van der Waals surface area contributed by atoms with E-state index in [1.165, 1.54) is 0 Å². The Morgan fingerprint density at radius 1 is 0.450 bits per heavy atom. The fourth-order valence-electron chi connectivity index (χ4n) is 1.55. The van der Waals surface area contributed by atoms with Crippen LogP contribution in [0.5, 0.6) is 0 Å². The normalized spacial score (nSPS) is 15.1. The first-order chi connectivity index (χ1) is 17.2. The van der Waals surface area contributed by atoms with Crippen molar-refractivity contribution in [2.75, 3.05) is 19.8 Å². The number of hydrogen-bond donors (Lipinski definition) is 0. The zero-order valence-electron chi connectivity index (χ0n) is 19.2. The molecule has 0 aliphatic carbocycles. The van der Waals surface area contributed by atoms with E-state index in [4.69, 9.17) is 0 Å². The van der Waals surface area contributed by atoms with E-state index in [9.17, 15) is 86.4 Å². The van der Waals surface area contributed by atoms with Gasteiger partial charge in [0.2, 0.25) is 0 Å². The molecule has 0 rings (SSSR count). The summed E-state index contributed by atoms with van der Waals surface area (Å²) in [6.45, 7) is 9.76. The Hall–Kier alpha value is -0.708. The van der Waals surface area contributed by atoms with Crippen LogP contribution in [0, 0.1) is 0 Å². The SMILES string of the molecule is CC[O+](CC)CC.O=S(=O)([O][Al-]([O]S(=O)(=O)C(F)(F)F)([O]S(=O)(=O)C(F)(F)F)[O]S(=O)(=O)C(F)(F)F)C(F)(F)F. The highest BCUT2D eigenvalue weighted by atomic mass is 32.2. The molecule has 0 spiro atoms. The summed E-state index contributed by atoms with van der Waals surface area (Å²) >= 11 is -9.42. The van der Waals surface area contributed by atoms with Crippen molar-refractivity contribution in [2.45, 2.75) is 42.8 Å². The van der Waals surface area contributed by atoms with Crippen molar-refractivity contribution >= 4 is 54.9 Å². The van der Waals surface area contributed by atoms with Gasteiger partial charge in [0.05, 0.1) is 0 Å². The summed E-state index contributed by atoms with van der Waals surface area (Å²) in [5, 5.41) is 0. The lowest BCUT2D eigenvalue weighted by Gasteiger charge is -2.34. The first-order valence-electron chi connectivity index (χ1n) is 9.01. The van der Waals surface area contributed by atoms with Gasteiger partial charge in [0.15, 0.2) is 0 Å². The van der Waals surface area contributed by atoms with Gasteiger partial charge in [-0.2, -0.15) is 86.4 Å². The molecule has 13 nitrogen and oxygen atoms in total. The van der Waals surface area contributed by atoms with Gasteiger partial charge in [0, 0.05) is 20.8 Å². The summed E-state index contributed by atoms with van der Waals surface area (Å²) in [6.07, 6.45) is 0. The Kier molecular flexibility index (Phi) is 13.8. The van der Waals surface area contributed by atoms with Crippen LogP contribution in [0.1, 0.15) is 20.8 Å². The Bertz CT molecular complexity index is 1070. The first kappa shape index (κ1) is 41.4. The number of hydrogen-bond acceptors (Lipinski definition) is 12. The molecule has 0 N–H and O–H groups in total. The van der Waals surface area contributed by atoms with Gasteiger partial charge < -0.3 is 17.3 Å². The summed E-state index contributed by atoms with van der Waals surface area (Å²) in [6, 6.07) is 0. The summed E-state index contributed by atoms with van der Waals surface area (Å²) in [5.74, 6) is 0. The van der Waals surface area contributed by atoms with Crippen LogP contribution in [0.25, 0.3) is 0 Å². The van der Waals surface area contributed by atoms with Crippen LogP contribution in [-0.2, 0) is 57.8 Å². The van der Waals surface area contributed by atoms with E-state index >= 15 is 0 Å². The van der Waals surface area contributed by atoms with Crippen molar-refractivity contribution in [3.05, 3.63) is 0 Å². The first-order valence-corrected chi connectivity index (χ1v) is 16.5. The Labute approximate surface area is 221 Å². The third-order valence-corrected chi connectivity index (χ3v) is 13.4. The van der Waals surface area contributed by atoms with Gasteiger partial charge in [0.1, 0.15) is 19.8 Å². The van der Waals surface area contributed by atoms with Crippen LogP contribution in [-0.4, -0.2) is 89.9 Å². The Balaban J connectivity index is 0. The van der Waals surface area contributed by atoms with E-state index in [0.717, 1.165) is 19.8 Å². The highest BCUT2D eigenvalue weighted by Crippen LogP contribution is 2.39. The molecule has 0 bridgehead atoms. The Morgan fingerprint density at radius 3 is 0.675 bits per heavy atom. The van der Waals surface area contributed by atoms with Crippen LogP contribution in [0.3, 0.4) is 0 Å². The molecule has 0 amide bonds.